The Hall–Kier alpha value is -1.16. The van der Waals surface area contributed by atoms with Crippen molar-refractivity contribution < 1.29 is 21.9 Å². The van der Waals surface area contributed by atoms with Crippen molar-refractivity contribution >= 4 is 25.5 Å². The molecule has 1 heterocycles. The summed E-state index contributed by atoms with van der Waals surface area (Å²) in [5.74, 6) is 0. The molecule has 1 aromatic rings. The minimum Gasteiger partial charge on any atom is -0.398 e. The van der Waals surface area contributed by atoms with Gasteiger partial charge in [-0.15, -0.1) is 0 Å². The number of nitrogens with zero attached hydrogens (tertiary/aromatic N) is 1. The van der Waals surface area contributed by atoms with E-state index in [-0.39, 0.29) is 28.6 Å². The number of aliphatic hydroxyl groups is 1. The van der Waals surface area contributed by atoms with Crippen LogP contribution in [-0.4, -0.2) is 51.7 Å². The number of aliphatic hydroxyl groups excluding tert-OH is 1. The first kappa shape index (κ1) is 16.2. The largest absolute Gasteiger partial charge is 0.398 e. The van der Waals surface area contributed by atoms with Crippen LogP contribution in [0, 0.1) is 0 Å². The second kappa shape index (κ2) is 5.56. The molecule has 1 aliphatic rings. The van der Waals surface area contributed by atoms with Crippen molar-refractivity contribution in [3.05, 3.63) is 18.2 Å². The lowest BCUT2D eigenvalue weighted by atomic mass is 10.1. The Balaban J connectivity index is 2.49. The summed E-state index contributed by atoms with van der Waals surface area (Å²) in [6, 6.07) is 3.61. The highest BCUT2D eigenvalue weighted by Gasteiger charge is 2.31. The van der Waals surface area contributed by atoms with Gasteiger partial charge in [0.05, 0.1) is 16.7 Å². The lowest BCUT2D eigenvalue weighted by Crippen LogP contribution is -2.42. The molecule has 0 spiro atoms. The predicted molar refractivity (Wildman–Crippen MR) is 78.0 cm³/mol. The van der Waals surface area contributed by atoms with E-state index in [0.717, 1.165) is 16.6 Å². The Bertz CT molecular complexity index is 743. The van der Waals surface area contributed by atoms with Crippen LogP contribution in [0.4, 0.5) is 5.69 Å². The summed E-state index contributed by atoms with van der Waals surface area (Å²) in [5, 5.41) is 9.61. The van der Waals surface area contributed by atoms with Gasteiger partial charge in [-0.3, -0.25) is 0 Å². The van der Waals surface area contributed by atoms with E-state index >= 15 is 0 Å². The van der Waals surface area contributed by atoms with Gasteiger partial charge >= 0.3 is 0 Å². The van der Waals surface area contributed by atoms with Crippen LogP contribution >= 0.6 is 0 Å². The van der Waals surface area contributed by atoms with Gasteiger partial charge in [0.2, 0.25) is 10.0 Å². The molecule has 1 saturated heterocycles. The van der Waals surface area contributed by atoms with Gasteiger partial charge in [-0.25, -0.2) is 16.8 Å². The fourth-order valence-electron chi connectivity index (χ4n) is 2.25. The first-order chi connectivity index (χ1) is 9.62. The molecule has 9 heteroatoms. The molecule has 1 aromatic carbocycles. The molecule has 0 aliphatic carbocycles. The number of anilines is 1. The van der Waals surface area contributed by atoms with Crippen LogP contribution in [0.5, 0.6) is 0 Å². The number of hydrogen-bond donors (Lipinski definition) is 2. The van der Waals surface area contributed by atoms with E-state index < -0.39 is 26.0 Å². The zero-order valence-electron chi connectivity index (χ0n) is 11.6. The Kier molecular flexibility index (Phi) is 4.29. The van der Waals surface area contributed by atoms with Crippen molar-refractivity contribution in [2.45, 2.75) is 28.7 Å². The van der Waals surface area contributed by atoms with Crippen molar-refractivity contribution in [2.75, 3.05) is 25.1 Å². The summed E-state index contributed by atoms with van der Waals surface area (Å²) in [6.07, 6.45) is 1.38. The Morgan fingerprint density at radius 3 is 2.52 bits per heavy atom. The summed E-state index contributed by atoms with van der Waals surface area (Å²) in [7, 11) is -7.46. The number of rotatable bonds is 3. The summed E-state index contributed by atoms with van der Waals surface area (Å²) in [4.78, 5) is -0.340. The molecule has 0 amide bonds. The van der Waals surface area contributed by atoms with Crippen LogP contribution in [-0.2, 0) is 19.9 Å². The van der Waals surface area contributed by atoms with Crippen LogP contribution in [0.1, 0.15) is 12.8 Å². The number of β-amino-alcohol motifs (C(OH)–C–C–N with tert-alkyl or cyclic N) is 1. The quantitative estimate of drug-likeness (QED) is 0.740. The van der Waals surface area contributed by atoms with E-state index in [9.17, 15) is 21.9 Å². The maximum atomic E-state index is 12.6. The van der Waals surface area contributed by atoms with Crippen molar-refractivity contribution in [3.8, 4) is 0 Å². The fourth-order valence-corrected chi connectivity index (χ4v) is 4.63. The number of nitrogen functional groups attached to an aromatic ring is 1. The molecule has 2 rings (SSSR count). The van der Waals surface area contributed by atoms with E-state index in [1.54, 1.807) is 0 Å². The number of sulfonamides is 1. The molecule has 1 atom stereocenters. The first-order valence-electron chi connectivity index (χ1n) is 6.40. The summed E-state index contributed by atoms with van der Waals surface area (Å²) >= 11 is 0. The van der Waals surface area contributed by atoms with Crippen molar-refractivity contribution in [1.82, 2.24) is 4.31 Å². The van der Waals surface area contributed by atoms with Crippen LogP contribution < -0.4 is 5.73 Å². The van der Waals surface area contributed by atoms with Crippen molar-refractivity contribution in [1.29, 1.82) is 0 Å². The van der Waals surface area contributed by atoms with Crippen molar-refractivity contribution in [2.24, 2.45) is 0 Å². The number of nitrogens with two attached hydrogens (primary N) is 1. The number of piperidine rings is 1. The Morgan fingerprint density at radius 2 is 1.95 bits per heavy atom. The fraction of sp³-hybridized carbons (Fsp3) is 0.500. The zero-order valence-corrected chi connectivity index (χ0v) is 13.2. The third kappa shape index (κ3) is 3.37. The predicted octanol–water partition coefficient (Wildman–Crippen LogP) is -0.182. The number of hydrogen-bond acceptors (Lipinski definition) is 6. The molecule has 0 bridgehead atoms. The summed E-state index contributed by atoms with van der Waals surface area (Å²) < 4.78 is 49.4. The molecule has 3 N–H and O–H groups in total. The van der Waals surface area contributed by atoms with Gasteiger partial charge in [-0.2, -0.15) is 4.31 Å². The van der Waals surface area contributed by atoms with Gasteiger partial charge in [0, 0.05) is 19.3 Å². The van der Waals surface area contributed by atoms with E-state index in [1.807, 2.05) is 0 Å². The number of benzene rings is 1. The second-order valence-electron chi connectivity index (χ2n) is 5.13. The second-order valence-corrected chi connectivity index (χ2v) is 9.05. The molecule has 0 radical (unpaired) electrons. The third-order valence-corrected chi connectivity index (χ3v) is 6.42. The highest BCUT2D eigenvalue weighted by molar-refractivity contribution is 7.91. The molecule has 7 nitrogen and oxygen atoms in total. The lowest BCUT2D eigenvalue weighted by molar-refractivity contribution is 0.108. The average molecular weight is 334 g/mol. The summed E-state index contributed by atoms with van der Waals surface area (Å²) in [5.41, 5.74) is 5.69. The van der Waals surface area contributed by atoms with Gasteiger partial charge in [-0.05, 0) is 31.0 Å². The minimum atomic E-state index is -3.92. The molecule has 0 aromatic heterocycles. The Morgan fingerprint density at radius 1 is 1.29 bits per heavy atom. The van der Waals surface area contributed by atoms with Gasteiger partial charge in [0.15, 0.2) is 9.84 Å². The van der Waals surface area contributed by atoms with Gasteiger partial charge < -0.3 is 10.8 Å². The van der Waals surface area contributed by atoms with Gasteiger partial charge in [0.25, 0.3) is 0 Å². The van der Waals surface area contributed by atoms with Crippen LogP contribution in [0.3, 0.4) is 0 Å². The summed E-state index contributed by atoms with van der Waals surface area (Å²) in [6.45, 7) is 0.271. The van der Waals surface area contributed by atoms with E-state index in [1.165, 1.54) is 12.1 Å². The maximum absolute atomic E-state index is 12.6. The van der Waals surface area contributed by atoms with Crippen LogP contribution in [0.2, 0.25) is 0 Å². The lowest BCUT2D eigenvalue weighted by Gasteiger charge is -2.29. The molecular weight excluding hydrogens is 316 g/mol. The van der Waals surface area contributed by atoms with E-state index in [2.05, 4.69) is 0 Å². The number of sulfone groups is 1. The standard InChI is InChI=1S/C12H18N2O5S2/c1-20(16,17)10-4-5-11(13)12(7-10)21(18,19)14-6-2-3-9(15)8-14/h4-5,7,9,15H,2-3,6,8,13H2,1H3. The SMILES string of the molecule is CS(=O)(=O)c1ccc(N)c(S(=O)(=O)N2CCCC(O)C2)c1. The van der Waals surface area contributed by atoms with Crippen molar-refractivity contribution in [3.63, 3.8) is 0 Å². The molecule has 1 fully saturated rings. The molecule has 0 saturated carbocycles. The molecule has 1 aliphatic heterocycles. The molecule has 21 heavy (non-hydrogen) atoms. The molecule has 118 valence electrons. The smallest absolute Gasteiger partial charge is 0.245 e. The zero-order chi connectivity index (χ0) is 15.8. The minimum absolute atomic E-state index is 0.00905. The monoisotopic (exact) mass is 334 g/mol. The van der Waals surface area contributed by atoms with E-state index in [0.29, 0.717) is 12.8 Å². The highest BCUT2D eigenvalue weighted by Crippen LogP contribution is 2.27. The topological polar surface area (TPSA) is 118 Å². The highest BCUT2D eigenvalue weighted by atomic mass is 32.2. The van der Waals surface area contributed by atoms with Crippen LogP contribution in [0.15, 0.2) is 28.0 Å². The first-order valence-corrected chi connectivity index (χ1v) is 9.73. The van der Waals surface area contributed by atoms with Gasteiger partial charge in [-0.1, -0.05) is 0 Å². The normalized spacial score (nSPS) is 21.3. The molecular formula is C12H18N2O5S2. The maximum Gasteiger partial charge on any atom is 0.245 e. The Labute approximate surface area is 124 Å². The van der Waals surface area contributed by atoms with E-state index in [4.69, 9.17) is 5.73 Å². The van der Waals surface area contributed by atoms with Crippen LogP contribution in [0.25, 0.3) is 0 Å². The average Bonchev–Trinajstić information content (AvgIpc) is 2.37. The third-order valence-electron chi connectivity index (χ3n) is 3.39. The molecule has 1 unspecified atom stereocenters. The van der Waals surface area contributed by atoms with Gasteiger partial charge in [0.1, 0.15) is 4.90 Å².